The Morgan fingerprint density at radius 2 is 1.60 bits per heavy atom. The van der Waals surface area contributed by atoms with E-state index in [-0.39, 0.29) is 34.2 Å². The summed E-state index contributed by atoms with van der Waals surface area (Å²) in [5.41, 5.74) is 7.81. The molecule has 4 rings (SSSR count). The van der Waals surface area contributed by atoms with E-state index in [0.717, 1.165) is 31.1 Å². The molecule has 0 aliphatic carbocycles. The number of rotatable bonds is 17. The molecule has 13 heteroatoms. The van der Waals surface area contributed by atoms with Gasteiger partial charge in [-0.25, -0.2) is 0 Å². The van der Waals surface area contributed by atoms with Crippen LogP contribution in [0.2, 0.25) is 0 Å². The average Bonchev–Trinajstić information content (AvgIpc) is 3.49. The van der Waals surface area contributed by atoms with Gasteiger partial charge in [-0.2, -0.15) is 4.58 Å². The molecule has 0 aromatic heterocycles. The molecule has 1 atom stereocenters. The maximum atomic E-state index is 11.7. The van der Waals surface area contributed by atoms with Crippen LogP contribution < -0.4 is 26.2 Å². The first-order valence-corrected chi connectivity index (χ1v) is 19.5. The van der Waals surface area contributed by atoms with E-state index < -0.39 is 24.5 Å². The smallest absolute Gasteiger partial charge is 0.245 e. The second kappa shape index (κ2) is 21.3. The maximum absolute atomic E-state index is 11.7. The predicted octanol–water partition coefficient (Wildman–Crippen LogP) is 3.66. The Labute approximate surface area is 329 Å². The van der Waals surface area contributed by atoms with Gasteiger partial charge in [0.15, 0.2) is 10.8 Å². The van der Waals surface area contributed by atoms with Crippen LogP contribution in [0.15, 0.2) is 84.6 Å². The molecule has 5 N–H and O–H groups in total. The molecule has 1 unspecified atom stereocenters. The van der Waals surface area contributed by atoms with Crippen molar-refractivity contribution >= 4 is 58.0 Å². The molecule has 0 radical (unpaired) electrons. The number of aliphatic hydroxyl groups is 1. The third kappa shape index (κ3) is 12.1. The maximum Gasteiger partial charge on any atom is 0.245 e. The van der Waals surface area contributed by atoms with Gasteiger partial charge in [0.2, 0.25) is 23.4 Å². The van der Waals surface area contributed by atoms with Crippen molar-refractivity contribution in [3.8, 4) is 0 Å². The summed E-state index contributed by atoms with van der Waals surface area (Å²) in [5.74, 6) is -1.26. The van der Waals surface area contributed by atoms with Gasteiger partial charge in [-0.05, 0) is 51.4 Å². The lowest BCUT2D eigenvalue weighted by molar-refractivity contribution is -0.401. The van der Waals surface area contributed by atoms with Crippen molar-refractivity contribution in [2.75, 3.05) is 57.5 Å². The molecule has 12 nitrogen and oxygen atoms in total. The van der Waals surface area contributed by atoms with Gasteiger partial charge in [0.1, 0.15) is 19.4 Å². The zero-order chi connectivity index (χ0) is 40.6. The number of aliphatic hydroxyl groups excluding tert-OH is 1. The number of allylic oxidation sites excluding steroid dienone is 6. The SMILES string of the molecule is CC(=O)SCC(=O)NC(CO)C(=O)NCC=O.CNCC(=O)NCCCCN1/C(=C/C=C/C=C/C2=[N+](C)c3ccccc3C2(C)C)C(C)(C)c2ccccc21. The van der Waals surface area contributed by atoms with Crippen LogP contribution in [0.25, 0.3) is 0 Å². The fraction of sp³-hybridized carbons (Fsp3) is 0.429. The van der Waals surface area contributed by atoms with Crippen molar-refractivity contribution in [2.24, 2.45) is 0 Å². The van der Waals surface area contributed by atoms with Crippen molar-refractivity contribution < 1.29 is 33.7 Å². The molecule has 2 aliphatic heterocycles. The number of benzene rings is 2. The Bertz CT molecular complexity index is 1810. The summed E-state index contributed by atoms with van der Waals surface area (Å²) < 4.78 is 2.30. The van der Waals surface area contributed by atoms with E-state index in [1.807, 2.05) is 0 Å². The van der Waals surface area contributed by atoms with Gasteiger partial charge in [-0.1, -0.05) is 80.2 Å². The topological polar surface area (TPSA) is 160 Å². The summed E-state index contributed by atoms with van der Waals surface area (Å²) in [5, 5.41) is 19.0. The third-order valence-corrected chi connectivity index (χ3v) is 10.4. The van der Waals surface area contributed by atoms with Crippen LogP contribution in [0.1, 0.15) is 58.6 Å². The van der Waals surface area contributed by atoms with Gasteiger partial charge in [-0.15, -0.1) is 0 Å². The number of thioether (sulfide) groups is 1. The van der Waals surface area contributed by atoms with Gasteiger partial charge in [0.25, 0.3) is 0 Å². The van der Waals surface area contributed by atoms with Crippen molar-refractivity contribution in [3.63, 3.8) is 0 Å². The van der Waals surface area contributed by atoms with Crippen LogP contribution in [0.4, 0.5) is 11.4 Å². The number of anilines is 1. The zero-order valence-electron chi connectivity index (χ0n) is 33.1. The Kier molecular flexibility index (Phi) is 17.2. The first-order chi connectivity index (χ1) is 26.2. The monoisotopic (exact) mass is 773 g/mol. The van der Waals surface area contributed by atoms with Crippen LogP contribution in [0.5, 0.6) is 0 Å². The molecule has 0 saturated carbocycles. The summed E-state index contributed by atoms with van der Waals surface area (Å²) >= 11 is 0.801. The fourth-order valence-electron chi connectivity index (χ4n) is 6.75. The zero-order valence-corrected chi connectivity index (χ0v) is 33.9. The Balaban J connectivity index is 0.000000404. The molecule has 2 aliphatic rings. The molecule has 0 bridgehead atoms. The van der Waals surface area contributed by atoms with E-state index in [4.69, 9.17) is 5.11 Å². The van der Waals surface area contributed by atoms with Gasteiger partial charge in [0.05, 0.1) is 30.9 Å². The molecule has 2 aromatic rings. The quantitative estimate of drug-likeness (QED) is 0.0700. The summed E-state index contributed by atoms with van der Waals surface area (Å²) in [6.07, 6.45) is 13.4. The highest BCUT2D eigenvalue weighted by Gasteiger charge is 2.42. The van der Waals surface area contributed by atoms with Gasteiger partial charge in [0, 0.05) is 54.5 Å². The minimum Gasteiger partial charge on any atom is -0.394 e. The number of aldehydes is 1. The van der Waals surface area contributed by atoms with E-state index in [0.29, 0.717) is 19.4 Å². The molecular weight excluding hydrogens is 717 g/mol. The average molecular weight is 774 g/mol. The number of para-hydroxylation sites is 2. The van der Waals surface area contributed by atoms with E-state index >= 15 is 0 Å². The van der Waals surface area contributed by atoms with Crippen molar-refractivity contribution in [1.29, 1.82) is 0 Å². The van der Waals surface area contributed by atoms with Gasteiger partial charge >= 0.3 is 0 Å². The summed E-state index contributed by atoms with van der Waals surface area (Å²) in [4.78, 5) is 57.3. The number of carbonyl (C=O) groups is 5. The number of hydrogen-bond donors (Lipinski definition) is 5. The van der Waals surface area contributed by atoms with Crippen LogP contribution in [-0.2, 0) is 34.8 Å². The van der Waals surface area contributed by atoms with Crippen LogP contribution in [0.3, 0.4) is 0 Å². The predicted molar refractivity (Wildman–Crippen MR) is 221 cm³/mol. The van der Waals surface area contributed by atoms with Crippen LogP contribution in [0, 0.1) is 0 Å². The first-order valence-electron chi connectivity index (χ1n) is 18.5. The lowest BCUT2D eigenvalue weighted by Gasteiger charge is -2.27. The standard InChI is InChI=1S/C33H42N4O.C9H14N2O5S/c1-32(2)25-16-10-12-18-27(25)36(6)29(32)20-8-7-9-21-30-33(3,4)26-17-11-13-19-28(26)37(30)23-15-14-22-35-31(38)24-34-5;1-6(14)17-5-8(15)11-7(4-13)9(16)10-2-3-12/h7-13,16-21,34H,14-15,22-24H2,1-6H3;3,7,13H,2,4-5H2,1H3,(H,10,16)(H,11,15)/p+1. The Morgan fingerprint density at radius 3 is 2.25 bits per heavy atom. The fourth-order valence-corrected chi connectivity index (χ4v) is 7.17. The second-order valence-corrected chi connectivity index (χ2v) is 15.4. The minimum absolute atomic E-state index is 0.0213. The molecule has 296 valence electrons. The molecule has 55 heavy (non-hydrogen) atoms. The summed E-state index contributed by atoms with van der Waals surface area (Å²) in [7, 11) is 3.94. The van der Waals surface area contributed by atoms with E-state index in [1.165, 1.54) is 40.8 Å². The highest BCUT2D eigenvalue weighted by molar-refractivity contribution is 8.14. The molecular formula is C42H57N6O6S+. The number of nitrogens with zero attached hydrogens (tertiary/aromatic N) is 2. The largest absolute Gasteiger partial charge is 0.394 e. The highest BCUT2D eigenvalue weighted by atomic mass is 32.2. The number of hydrogen-bond acceptors (Lipinski definition) is 9. The number of amides is 3. The third-order valence-electron chi connectivity index (χ3n) is 9.54. The van der Waals surface area contributed by atoms with Crippen LogP contribution >= 0.6 is 11.8 Å². The minimum atomic E-state index is -1.12. The van der Waals surface area contributed by atoms with E-state index in [9.17, 15) is 24.0 Å². The number of carbonyl (C=O) groups excluding carboxylic acids is 5. The summed E-state index contributed by atoms with van der Waals surface area (Å²) in [6, 6.07) is 16.3. The van der Waals surface area contributed by atoms with Crippen LogP contribution in [-0.4, -0.2) is 103 Å². The molecule has 3 amide bonds. The molecule has 0 saturated heterocycles. The first kappa shape index (κ1) is 44.5. The molecule has 2 aromatic carbocycles. The van der Waals surface area contributed by atoms with Crippen molar-refractivity contribution in [2.45, 2.75) is 64.3 Å². The number of fused-ring (bicyclic) bond motifs is 2. The molecule has 0 fully saturated rings. The van der Waals surface area contributed by atoms with Crippen molar-refractivity contribution in [3.05, 3.63) is 95.7 Å². The van der Waals surface area contributed by atoms with Gasteiger partial charge < -0.3 is 36.1 Å². The molecule has 2 heterocycles. The lowest BCUT2D eigenvalue weighted by Crippen LogP contribution is -2.49. The Morgan fingerprint density at radius 1 is 0.909 bits per heavy atom. The number of nitrogens with one attached hydrogen (secondary N) is 4. The summed E-state index contributed by atoms with van der Waals surface area (Å²) in [6.45, 7) is 11.7. The van der Waals surface area contributed by atoms with Gasteiger partial charge in [-0.3, -0.25) is 19.2 Å². The van der Waals surface area contributed by atoms with E-state index in [1.54, 1.807) is 7.05 Å². The van der Waals surface area contributed by atoms with Crippen molar-refractivity contribution in [1.82, 2.24) is 21.3 Å². The second-order valence-electron chi connectivity index (χ2n) is 14.3. The normalized spacial score (nSPS) is 16.4. The number of likely N-dealkylation sites (N-methyl/N-ethyl adjacent to an activating group) is 1. The number of unbranched alkanes of at least 4 members (excludes halogenated alkanes) is 1. The molecule has 0 spiro atoms. The van der Waals surface area contributed by atoms with E-state index in [2.05, 4.69) is 144 Å². The highest BCUT2D eigenvalue weighted by Crippen LogP contribution is 2.47. The Hall–Kier alpha value is -4.85. The lowest BCUT2D eigenvalue weighted by atomic mass is 9.81.